The summed E-state index contributed by atoms with van der Waals surface area (Å²) in [5.74, 6) is 0.653. The molecule has 0 atom stereocenters. The first-order valence-electron chi connectivity index (χ1n) is 6.55. The minimum atomic E-state index is -0.447. The Morgan fingerprint density at radius 1 is 1.30 bits per heavy atom. The van der Waals surface area contributed by atoms with Crippen LogP contribution in [0.1, 0.15) is 18.5 Å². The third-order valence-electron chi connectivity index (χ3n) is 2.79. The number of nitrogens with one attached hydrogen (secondary N) is 2. The average molecular weight is 282 g/mol. The molecular weight excluding hydrogens is 260 g/mol. The van der Waals surface area contributed by atoms with Crippen molar-refractivity contribution in [3.05, 3.63) is 15.8 Å². The van der Waals surface area contributed by atoms with Crippen LogP contribution in [0.5, 0.6) is 0 Å². The lowest BCUT2D eigenvalue weighted by atomic mass is 10.3. The van der Waals surface area contributed by atoms with Gasteiger partial charge in [-0.3, -0.25) is 10.1 Å². The highest BCUT2D eigenvalue weighted by molar-refractivity contribution is 5.60. The molecule has 1 aromatic rings. The zero-order valence-corrected chi connectivity index (χ0v) is 12.4. The van der Waals surface area contributed by atoms with Crippen LogP contribution < -0.4 is 10.6 Å². The fraction of sp³-hybridized carbons (Fsp3) is 0.667. The van der Waals surface area contributed by atoms with Crippen LogP contribution in [-0.2, 0) is 0 Å². The van der Waals surface area contributed by atoms with Crippen LogP contribution in [0.3, 0.4) is 0 Å². The van der Waals surface area contributed by atoms with Gasteiger partial charge in [0.25, 0.3) is 0 Å². The highest BCUT2D eigenvalue weighted by atomic mass is 16.6. The number of nitro groups is 1. The van der Waals surface area contributed by atoms with Crippen molar-refractivity contribution in [2.75, 3.05) is 44.9 Å². The van der Waals surface area contributed by atoms with E-state index in [9.17, 15) is 10.1 Å². The molecular formula is C12H22N6O2. The van der Waals surface area contributed by atoms with Gasteiger partial charge < -0.3 is 15.5 Å². The predicted octanol–water partition coefficient (Wildman–Crippen LogP) is 1.49. The summed E-state index contributed by atoms with van der Waals surface area (Å²) in [6, 6.07) is 0. The van der Waals surface area contributed by atoms with Crippen LogP contribution >= 0.6 is 0 Å². The topological polar surface area (TPSA) is 96.2 Å². The van der Waals surface area contributed by atoms with Gasteiger partial charge in [-0.15, -0.1) is 0 Å². The van der Waals surface area contributed by atoms with E-state index in [0.29, 0.717) is 18.2 Å². The second-order valence-corrected chi connectivity index (χ2v) is 4.77. The molecule has 1 rings (SSSR count). The number of hydrogen-bond acceptors (Lipinski definition) is 7. The molecule has 1 heterocycles. The zero-order chi connectivity index (χ0) is 15.1. The summed E-state index contributed by atoms with van der Waals surface area (Å²) in [6.45, 7) is 3.25. The standard InChI is InChI=1S/C12H22N6O2/c1-9-10(18(19)20)11(16-12(13-2)15-9)14-7-5-6-8-17(3)4/h5-8H2,1-4H3,(H2,13,14,15,16). The third kappa shape index (κ3) is 4.61. The number of anilines is 2. The molecule has 2 N–H and O–H groups in total. The summed E-state index contributed by atoms with van der Waals surface area (Å²) in [5.41, 5.74) is 0.293. The van der Waals surface area contributed by atoms with E-state index in [-0.39, 0.29) is 11.5 Å². The Kier molecular flexibility index (Phi) is 6.10. The monoisotopic (exact) mass is 282 g/mol. The number of unbranched alkanes of at least 4 members (excludes halogenated alkanes) is 1. The molecule has 1 aromatic heterocycles. The molecule has 0 unspecified atom stereocenters. The molecule has 0 radical (unpaired) electrons. The molecule has 0 aliphatic rings. The Balaban J connectivity index is 2.72. The Morgan fingerprint density at radius 3 is 2.55 bits per heavy atom. The third-order valence-corrected chi connectivity index (χ3v) is 2.79. The van der Waals surface area contributed by atoms with E-state index < -0.39 is 4.92 Å². The fourth-order valence-corrected chi connectivity index (χ4v) is 1.78. The molecule has 0 aliphatic carbocycles. The lowest BCUT2D eigenvalue weighted by molar-refractivity contribution is -0.385. The number of aryl methyl sites for hydroxylation is 1. The number of aromatic nitrogens is 2. The Hall–Kier alpha value is -1.96. The van der Waals surface area contributed by atoms with Crippen molar-refractivity contribution in [3.8, 4) is 0 Å². The van der Waals surface area contributed by atoms with Gasteiger partial charge in [0.05, 0.1) is 4.92 Å². The van der Waals surface area contributed by atoms with Crippen molar-refractivity contribution in [3.63, 3.8) is 0 Å². The van der Waals surface area contributed by atoms with E-state index in [1.807, 2.05) is 14.1 Å². The first-order chi connectivity index (χ1) is 9.45. The lowest BCUT2D eigenvalue weighted by Gasteiger charge is -2.11. The van der Waals surface area contributed by atoms with Gasteiger partial charge in [-0.2, -0.15) is 4.98 Å². The summed E-state index contributed by atoms with van der Waals surface area (Å²) < 4.78 is 0. The molecule has 0 aromatic carbocycles. The largest absolute Gasteiger partial charge is 0.364 e. The van der Waals surface area contributed by atoms with Crippen molar-refractivity contribution >= 4 is 17.5 Å². The lowest BCUT2D eigenvalue weighted by Crippen LogP contribution is -2.15. The van der Waals surface area contributed by atoms with Gasteiger partial charge in [0.15, 0.2) is 0 Å². The van der Waals surface area contributed by atoms with Crippen LogP contribution in [0.2, 0.25) is 0 Å². The molecule has 20 heavy (non-hydrogen) atoms. The van der Waals surface area contributed by atoms with Crippen LogP contribution in [0.15, 0.2) is 0 Å². The summed E-state index contributed by atoms with van der Waals surface area (Å²) in [4.78, 5) is 20.9. The molecule has 0 saturated heterocycles. The quantitative estimate of drug-likeness (QED) is 0.423. The van der Waals surface area contributed by atoms with E-state index in [1.54, 1.807) is 14.0 Å². The van der Waals surface area contributed by atoms with E-state index in [2.05, 4.69) is 25.5 Å². The van der Waals surface area contributed by atoms with Gasteiger partial charge in [0.1, 0.15) is 5.69 Å². The Bertz CT molecular complexity index is 464. The van der Waals surface area contributed by atoms with Crippen molar-refractivity contribution in [1.82, 2.24) is 14.9 Å². The SMILES string of the molecule is CNc1nc(C)c([N+](=O)[O-])c(NCCCCN(C)C)n1. The van der Waals surface area contributed by atoms with Gasteiger partial charge in [-0.1, -0.05) is 0 Å². The van der Waals surface area contributed by atoms with Crippen molar-refractivity contribution in [1.29, 1.82) is 0 Å². The zero-order valence-electron chi connectivity index (χ0n) is 12.4. The minimum absolute atomic E-state index is 0.0587. The summed E-state index contributed by atoms with van der Waals surface area (Å²) in [5, 5.41) is 16.9. The van der Waals surface area contributed by atoms with Gasteiger partial charge in [0.2, 0.25) is 11.8 Å². The first-order valence-corrected chi connectivity index (χ1v) is 6.55. The maximum absolute atomic E-state index is 11.1. The average Bonchev–Trinajstić information content (AvgIpc) is 2.36. The number of nitrogens with zero attached hydrogens (tertiary/aromatic N) is 4. The molecule has 0 saturated carbocycles. The molecule has 0 amide bonds. The van der Waals surface area contributed by atoms with E-state index in [0.717, 1.165) is 19.4 Å². The molecule has 8 nitrogen and oxygen atoms in total. The van der Waals surface area contributed by atoms with Gasteiger partial charge >= 0.3 is 5.69 Å². The Morgan fingerprint density at radius 2 is 2.00 bits per heavy atom. The van der Waals surface area contributed by atoms with Crippen molar-refractivity contribution in [2.24, 2.45) is 0 Å². The highest BCUT2D eigenvalue weighted by Gasteiger charge is 2.21. The number of rotatable bonds is 8. The second kappa shape index (κ2) is 7.59. The molecule has 0 bridgehead atoms. The fourth-order valence-electron chi connectivity index (χ4n) is 1.78. The van der Waals surface area contributed by atoms with Crippen molar-refractivity contribution in [2.45, 2.75) is 19.8 Å². The van der Waals surface area contributed by atoms with Crippen LogP contribution in [0.25, 0.3) is 0 Å². The van der Waals surface area contributed by atoms with Gasteiger partial charge in [-0.05, 0) is 40.4 Å². The maximum atomic E-state index is 11.1. The highest BCUT2D eigenvalue weighted by Crippen LogP contribution is 2.26. The maximum Gasteiger partial charge on any atom is 0.332 e. The van der Waals surface area contributed by atoms with Crippen LogP contribution in [-0.4, -0.2) is 54.0 Å². The predicted molar refractivity (Wildman–Crippen MR) is 79.2 cm³/mol. The molecule has 0 fully saturated rings. The van der Waals surface area contributed by atoms with E-state index in [1.165, 1.54) is 0 Å². The van der Waals surface area contributed by atoms with Crippen LogP contribution in [0, 0.1) is 17.0 Å². The first kappa shape index (κ1) is 16.1. The summed E-state index contributed by atoms with van der Waals surface area (Å²) in [7, 11) is 5.72. The van der Waals surface area contributed by atoms with Gasteiger partial charge in [0, 0.05) is 13.6 Å². The molecule has 8 heteroatoms. The van der Waals surface area contributed by atoms with Crippen LogP contribution in [0.4, 0.5) is 17.5 Å². The molecule has 0 spiro atoms. The smallest absolute Gasteiger partial charge is 0.332 e. The normalized spacial score (nSPS) is 10.7. The minimum Gasteiger partial charge on any atom is -0.364 e. The summed E-state index contributed by atoms with van der Waals surface area (Å²) >= 11 is 0. The summed E-state index contributed by atoms with van der Waals surface area (Å²) in [6.07, 6.45) is 1.95. The molecule has 0 aliphatic heterocycles. The van der Waals surface area contributed by atoms with Gasteiger partial charge in [-0.25, -0.2) is 4.98 Å². The van der Waals surface area contributed by atoms with E-state index >= 15 is 0 Å². The second-order valence-electron chi connectivity index (χ2n) is 4.77. The Labute approximate surface area is 118 Å². The van der Waals surface area contributed by atoms with E-state index in [4.69, 9.17) is 0 Å². The molecule has 112 valence electrons. The van der Waals surface area contributed by atoms with Crippen molar-refractivity contribution < 1.29 is 4.92 Å². The number of hydrogen-bond donors (Lipinski definition) is 2.